The Kier molecular flexibility index (Phi) is 4.03. The zero-order chi connectivity index (χ0) is 16.6. The van der Waals surface area contributed by atoms with Crippen LogP contribution in [0.15, 0.2) is 57.0 Å². The lowest BCUT2D eigenvalue weighted by molar-refractivity contribution is 0.593. The van der Waals surface area contributed by atoms with Crippen LogP contribution in [0.1, 0.15) is 5.56 Å². The summed E-state index contributed by atoms with van der Waals surface area (Å²) in [6, 6.07) is 10.5. The molecule has 0 amide bonds. The molecule has 1 aromatic carbocycles. The molecule has 0 aliphatic carbocycles. The number of nitrogens with zero attached hydrogens (tertiary/aromatic N) is 3. The molecular formula is C15H12BrN3O3S. The minimum atomic E-state index is -3.55. The molecule has 0 saturated heterocycles. The third-order valence-corrected chi connectivity index (χ3v) is 4.95. The molecule has 3 rings (SSSR count). The molecule has 0 radical (unpaired) electrons. The topological polar surface area (TPSA) is 81.9 Å². The average Bonchev–Trinajstić information content (AvgIpc) is 2.50. The summed E-state index contributed by atoms with van der Waals surface area (Å²) >= 11 is 3.44. The average molecular weight is 394 g/mol. The monoisotopic (exact) mass is 393 g/mol. The van der Waals surface area contributed by atoms with E-state index in [1.165, 1.54) is 16.8 Å². The number of hydrogen-bond acceptors (Lipinski definition) is 5. The molecule has 3 aromatic rings. The number of sulfone groups is 1. The molecule has 8 heteroatoms. The van der Waals surface area contributed by atoms with Gasteiger partial charge < -0.3 is 0 Å². The second-order valence-electron chi connectivity index (χ2n) is 5.05. The molecule has 0 saturated carbocycles. The largest absolute Gasteiger partial charge is 0.288 e. The lowest BCUT2D eigenvalue weighted by atomic mass is 10.2. The highest BCUT2D eigenvalue weighted by molar-refractivity contribution is 9.10. The molecule has 0 bridgehead atoms. The van der Waals surface area contributed by atoms with Crippen LogP contribution in [0.2, 0.25) is 0 Å². The first-order valence-corrected chi connectivity index (χ1v) is 9.35. The van der Waals surface area contributed by atoms with Gasteiger partial charge >= 0.3 is 0 Å². The zero-order valence-electron chi connectivity index (χ0n) is 12.1. The predicted octanol–water partition coefficient (Wildman–Crippen LogP) is 2.01. The Labute approximate surface area is 140 Å². The first kappa shape index (κ1) is 15.8. The SMILES string of the molecule is CS(=O)(=O)c1ncc2ccc(=O)n(Cc3ccccc3Br)c2n1. The van der Waals surface area contributed by atoms with Crippen LogP contribution >= 0.6 is 15.9 Å². The Morgan fingerprint density at radius 1 is 1.17 bits per heavy atom. The lowest BCUT2D eigenvalue weighted by Crippen LogP contribution is -2.21. The Balaban J connectivity index is 2.24. The maximum absolute atomic E-state index is 12.2. The molecule has 2 aromatic heterocycles. The van der Waals surface area contributed by atoms with Crippen LogP contribution in [0.3, 0.4) is 0 Å². The van der Waals surface area contributed by atoms with E-state index in [0.29, 0.717) is 11.0 Å². The van der Waals surface area contributed by atoms with E-state index in [2.05, 4.69) is 25.9 Å². The predicted molar refractivity (Wildman–Crippen MR) is 90.2 cm³/mol. The van der Waals surface area contributed by atoms with Crippen LogP contribution in [0.25, 0.3) is 11.0 Å². The van der Waals surface area contributed by atoms with Crippen LogP contribution < -0.4 is 5.56 Å². The van der Waals surface area contributed by atoms with Gasteiger partial charge in [0.15, 0.2) is 0 Å². The van der Waals surface area contributed by atoms with Crippen LogP contribution in [-0.4, -0.2) is 29.2 Å². The minimum absolute atomic E-state index is 0.258. The molecule has 0 aliphatic heterocycles. The standard InChI is InChI=1S/C15H12BrN3O3S/c1-23(21,22)15-17-8-10-6-7-13(20)19(14(10)18-15)9-11-4-2-3-5-12(11)16/h2-8H,9H2,1H3. The fourth-order valence-corrected chi connectivity index (χ4v) is 3.09. The van der Waals surface area contributed by atoms with Crippen molar-refractivity contribution in [1.82, 2.24) is 14.5 Å². The third-order valence-electron chi connectivity index (χ3n) is 3.32. The highest BCUT2D eigenvalue weighted by Gasteiger charge is 2.14. The molecular weight excluding hydrogens is 382 g/mol. The summed E-state index contributed by atoms with van der Waals surface area (Å²) in [5.74, 6) is 0. The van der Waals surface area contributed by atoms with Crippen molar-refractivity contribution in [3.8, 4) is 0 Å². The Hall–Kier alpha value is -2.06. The van der Waals surface area contributed by atoms with Gasteiger partial charge in [0.1, 0.15) is 5.65 Å². The van der Waals surface area contributed by atoms with Crippen molar-refractivity contribution in [2.45, 2.75) is 11.7 Å². The van der Waals surface area contributed by atoms with Crippen LogP contribution in [0.5, 0.6) is 0 Å². The van der Waals surface area contributed by atoms with E-state index in [-0.39, 0.29) is 17.3 Å². The van der Waals surface area contributed by atoms with Crippen molar-refractivity contribution in [3.05, 3.63) is 63.0 Å². The highest BCUT2D eigenvalue weighted by Crippen LogP contribution is 2.18. The molecule has 0 fully saturated rings. The van der Waals surface area contributed by atoms with E-state index in [4.69, 9.17) is 0 Å². The molecule has 0 spiro atoms. The van der Waals surface area contributed by atoms with Gasteiger partial charge in [0.25, 0.3) is 5.56 Å². The van der Waals surface area contributed by atoms with Crippen LogP contribution in [0, 0.1) is 0 Å². The van der Waals surface area contributed by atoms with Gasteiger partial charge in [-0.05, 0) is 17.7 Å². The van der Waals surface area contributed by atoms with Crippen molar-refractivity contribution >= 4 is 36.8 Å². The van der Waals surface area contributed by atoms with E-state index in [0.717, 1.165) is 16.3 Å². The normalized spacial score (nSPS) is 11.7. The van der Waals surface area contributed by atoms with Gasteiger partial charge in [-0.3, -0.25) is 9.36 Å². The van der Waals surface area contributed by atoms with E-state index in [1.807, 2.05) is 24.3 Å². The van der Waals surface area contributed by atoms with E-state index < -0.39 is 9.84 Å². The number of aromatic nitrogens is 3. The second kappa shape index (κ2) is 5.86. The molecule has 6 nitrogen and oxygen atoms in total. The smallest absolute Gasteiger partial charge is 0.252 e. The maximum atomic E-state index is 12.2. The second-order valence-corrected chi connectivity index (χ2v) is 7.82. The maximum Gasteiger partial charge on any atom is 0.252 e. The summed E-state index contributed by atoms with van der Waals surface area (Å²) in [5, 5.41) is 0.306. The summed E-state index contributed by atoms with van der Waals surface area (Å²) < 4.78 is 25.6. The number of hydrogen-bond donors (Lipinski definition) is 0. The van der Waals surface area contributed by atoms with Gasteiger partial charge in [-0.1, -0.05) is 34.1 Å². The van der Waals surface area contributed by atoms with Gasteiger partial charge in [-0.2, -0.15) is 4.98 Å². The van der Waals surface area contributed by atoms with Crippen LogP contribution in [0.4, 0.5) is 0 Å². The van der Waals surface area contributed by atoms with Crippen molar-refractivity contribution < 1.29 is 8.42 Å². The van der Waals surface area contributed by atoms with Crippen molar-refractivity contribution in [2.75, 3.05) is 6.26 Å². The van der Waals surface area contributed by atoms with Crippen LogP contribution in [-0.2, 0) is 16.4 Å². The summed E-state index contributed by atoms with van der Waals surface area (Å²) in [5.41, 5.74) is 0.928. The number of halogens is 1. The van der Waals surface area contributed by atoms with E-state index in [1.54, 1.807) is 6.07 Å². The zero-order valence-corrected chi connectivity index (χ0v) is 14.5. The molecule has 2 heterocycles. The van der Waals surface area contributed by atoms with Crippen molar-refractivity contribution in [2.24, 2.45) is 0 Å². The third kappa shape index (κ3) is 3.18. The van der Waals surface area contributed by atoms with Gasteiger partial charge in [0, 0.05) is 28.4 Å². The van der Waals surface area contributed by atoms with Gasteiger partial charge in [0.2, 0.25) is 15.0 Å². The van der Waals surface area contributed by atoms with E-state index >= 15 is 0 Å². The quantitative estimate of drug-likeness (QED) is 0.635. The van der Waals surface area contributed by atoms with Gasteiger partial charge in [0.05, 0.1) is 6.54 Å². The van der Waals surface area contributed by atoms with E-state index in [9.17, 15) is 13.2 Å². The molecule has 23 heavy (non-hydrogen) atoms. The Bertz CT molecular complexity index is 1060. The molecule has 118 valence electrons. The summed E-state index contributed by atoms with van der Waals surface area (Å²) in [6.07, 6.45) is 2.45. The molecule has 0 N–H and O–H groups in total. The molecule has 0 aliphatic rings. The number of rotatable bonds is 3. The molecule has 0 atom stereocenters. The molecule has 0 unspecified atom stereocenters. The van der Waals surface area contributed by atoms with Crippen molar-refractivity contribution in [1.29, 1.82) is 0 Å². The first-order valence-electron chi connectivity index (χ1n) is 6.66. The fourth-order valence-electron chi connectivity index (χ4n) is 2.18. The van der Waals surface area contributed by atoms with Gasteiger partial charge in [-0.25, -0.2) is 13.4 Å². The lowest BCUT2D eigenvalue weighted by Gasteiger charge is -2.11. The summed E-state index contributed by atoms with van der Waals surface area (Å²) in [6.45, 7) is 0.276. The first-order chi connectivity index (χ1) is 10.9. The highest BCUT2D eigenvalue weighted by atomic mass is 79.9. The summed E-state index contributed by atoms with van der Waals surface area (Å²) in [7, 11) is -3.55. The number of pyridine rings is 1. The van der Waals surface area contributed by atoms with Gasteiger partial charge in [-0.15, -0.1) is 0 Å². The fraction of sp³-hybridized carbons (Fsp3) is 0.133. The Morgan fingerprint density at radius 2 is 1.91 bits per heavy atom. The minimum Gasteiger partial charge on any atom is -0.288 e. The number of fused-ring (bicyclic) bond motifs is 1. The Morgan fingerprint density at radius 3 is 2.61 bits per heavy atom. The summed E-state index contributed by atoms with van der Waals surface area (Å²) in [4.78, 5) is 20.2. The van der Waals surface area contributed by atoms with Crippen molar-refractivity contribution in [3.63, 3.8) is 0 Å². The number of benzene rings is 1.